The summed E-state index contributed by atoms with van der Waals surface area (Å²) in [4.78, 5) is 47.7. The Kier molecular flexibility index (Phi) is 2.50. The van der Waals surface area contributed by atoms with Gasteiger partial charge < -0.3 is 0 Å². The van der Waals surface area contributed by atoms with Gasteiger partial charge in [-0.3, -0.25) is 29.4 Å². The Morgan fingerprint density at radius 1 is 1.05 bits per heavy atom. The van der Waals surface area contributed by atoms with Crippen LogP contribution in [0.2, 0.25) is 0 Å². The lowest BCUT2D eigenvalue weighted by atomic mass is 10.1. The first-order valence-electron chi connectivity index (χ1n) is 5.69. The number of imide groups is 2. The van der Waals surface area contributed by atoms with Gasteiger partial charge in [-0.15, -0.1) is 0 Å². The van der Waals surface area contributed by atoms with Crippen molar-refractivity contribution in [3.8, 4) is 0 Å². The average molecular weight is 274 g/mol. The number of fused-ring (bicyclic) bond motifs is 1. The topological polar surface area (TPSA) is 83.6 Å². The highest BCUT2D eigenvalue weighted by molar-refractivity contribution is 6.24. The normalized spacial score (nSPS) is 21.2. The largest absolute Gasteiger partial charge is 0.291 e. The second kappa shape index (κ2) is 4.09. The summed E-state index contributed by atoms with van der Waals surface area (Å²) >= 11 is 0. The first kappa shape index (κ1) is 12.2. The van der Waals surface area contributed by atoms with E-state index in [-0.39, 0.29) is 11.1 Å². The van der Waals surface area contributed by atoms with Crippen LogP contribution in [0.3, 0.4) is 0 Å². The van der Waals surface area contributed by atoms with Crippen molar-refractivity contribution in [3.63, 3.8) is 0 Å². The highest BCUT2D eigenvalue weighted by atomic mass is 19.1. The van der Waals surface area contributed by atoms with Crippen LogP contribution in [0.15, 0.2) is 30.4 Å². The third-order valence-corrected chi connectivity index (χ3v) is 3.10. The number of benzene rings is 1. The number of hydrogen-bond acceptors (Lipinski definition) is 4. The molecule has 1 N–H and O–H groups in total. The highest BCUT2D eigenvalue weighted by Crippen LogP contribution is 2.26. The van der Waals surface area contributed by atoms with Crippen molar-refractivity contribution < 1.29 is 23.6 Å². The number of carbonyl (C=O) groups is 4. The number of amides is 4. The van der Waals surface area contributed by atoms with E-state index in [1.807, 2.05) is 5.32 Å². The smallest absolute Gasteiger partial charge is 0.262 e. The molecule has 0 fully saturated rings. The molecule has 6 nitrogen and oxygen atoms in total. The Bertz CT molecular complexity index is 710. The van der Waals surface area contributed by atoms with Gasteiger partial charge in [0.25, 0.3) is 17.7 Å². The fraction of sp³-hybridized carbons (Fsp3) is 0.0769. The van der Waals surface area contributed by atoms with Crippen molar-refractivity contribution in [2.45, 2.75) is 6.04 Å². The van der Waals surface area contributed by atoms with Crippen LogP contribution >= 0.6 is 0 Å². The summed E-state index contributed by atoms with van der Waals surface area (Å²) in [5.41, 5.74) is -0.0531. The summed E-state index contributed by atoms with van der Waals surface area (Å²) < 4.78 is 13.1. The quantitative estimate of drug-likeness (QED) is 0.731. The maximum atomic E-state index is 13.1. The van der Waals surface area contributed by atoms with Crippen molar-refractivity contribution in [1.82, 2.24) is 10.2 Å². The van der Waals surface area contributed by atoms with Gasteiger partial charge in [-0.1, -0.05) is 0 Å². The average Bonchev–Trinajstić information content (AvgIpc) is 2.63. The Labute approximate surface area is 111 Å². The van der Waals surface area contributed by atoms with E-state index in [2.05, 4.69) is 0 Å². The molecule has 1 aromatic rings. The van der Waals surface area contributed by atoms with Crippen molar-refractivity contribution >= 4 is 23.6 Å². The second-order valence-corrected chi connectivity index (χ2v) is 4.33. The number of halogens is 1. The summed E-state index contributed by atoms with van der Waals surface area (Å²) in [6.07, 6.45) is 2.23. The van der Waals surface area contributed by atoms with Gasteiger partial charge in [0.2, 0.25) is 5.91 Å². The lowest BCUT2D eigenvalue weighted by Crippen LogP contribution is -2.51. The molecule has 0 aliphatic carbocycles. The van der Waals surface area contributed by atoms with Crippen LogP contribution in [0.1, 0.15) is 20.7 Å². The molecule has 100 valence electrons. The fourth-order valence-electron chi connectivity index (χ4n) is 2.19. The maximum Gasteiger partial charge on any atom is 0.262 e. The number of carbonyl (C=O) groups excluding carboxylic acids is 4. The molecule has 0 aromatic heterocycles. The van der Waals surface area contributed by atoms with E-state index < -0.39 is 35.5 Å². The molecule has 0 saturated carbocycles. The van der Waals surface area contributed by atoms with Gasteiger partial charge in [-0.25, -0.2) is 4.39 Å². The first-order valence-corrected chi connectivity index (χ1v) is 5.69. The summed E-state index contributed by atoms with van der Waals surface area (Å²) in [6.45, 7) is 0. The highest BCUT2D eigenvalue weighted by Gasteiger charge is 2.43. The zero-order valence-electron chi connectivity index (χ0n) is 9.92. The van der Waals surface area contributed by atoms with Gasteiger partial charge in [0.15, 0.2) is 0 Å². The molecule has 1 aromatic carbocycles. The van der Waals surface area contributed by atoms with Gasteiger partial charge in [0, 0.05) is 6.08 Å². The zero-order valence-corrected chi connectivity index (χ0v) is 9.92. The number of nitrogens with one attached hydrogen (secondary N) is 1. The van der Waals surface area contributed by atoms with Crippen molar-refractivity contribution in [3.05, 3.63) is 47.3 Å². The molecular formula is C13H7FN2O4. The molecule has 0 radical (unpaired) electrons. The van der Waals surface area contributed by atoms with Crippen LogP contribution in [0.25, 0.3) is 0 Å². The minimum Gasteiger partial charge on any atom is -0.291 e. The first-order chi connectivity index (χ1) is 9.49. The third kappa shape index (κ3) is 1.63. The van der Waals surface area contributed by atoms with Crippen LogP contribution in [0.4, 0.5) is 4.39 Å². The monoisotopic (exact) mass is 274 g/mol. The molecule has 2 aliphatic rings. The molecule has 0 bridgehead atoms. The van der Waals surface area contributed by atoms with Crippen molar-refractivity contribution in [2.24, 2.45) is 0 Å². The van der Waals surface area contributed by atoms with Gasteiger partial charge in [0.05, 0.1) is 11.1 Å². The van der Waals surface area contributed by atoms with Crippen LogP contribution in [-0.2, 0) is 9.59 Å². The molecule has 0 saturated heterocycles. The molecule has 1 atom stereocenters. The predicted octanol–water partition coefficient (Wildman–Crippen LogP) is 0.00290. The van der Waals surface area contributed by atoms with Crippen molar-refractivity contribution in [1.29, 1.82) is 0 Å². The minimum atomic E-state index is -1.21. The number of nitrogens with zero attached hydrogens (tertiary/aromatic N) is 1. The van der Waals surface area contributed by atoms with Crippen LogP contribution in [-0.4, -0.2) is 34.6 Å². The summed E-state index contributed by atoms with van der Waals surface area (Å²) in [7, 11) is 0. The number of rotatable bonds is 1. The Hall–Kier alpha value is -2.83. The standard InChI is InChI=1S/C13H7FN2O4/c14-6-1-2-7-8(5-6)13(20)16(12(7)19)9-3-4-10(17)15-11(9)18/h1-5,9H,(H,15,17,18). The van der Waals surface area contributed by atoms with E-state index in [0.717, 1.165) is 18.2 Å². The minimum absolute atomic E-state index is 0.0366. The predicted molar refractivity (Wildman–Crippen MR) is 63.0 cm³/mol. The maximum absolute atomic E-state index is 13.1. The molecule has 2 heterocycles. The molecule has 2 aliphatic heterocycles. The molecule has 20 heavy (non-hydrogen) atoms. The molecular weight excluding hydrogens is 267 g/mol. The second-order valence-electron chi connectivity index (χ2n) is 4.33. The van der Waals surface area contributed by atoms with Crippen molar-refractivity contribution in [2.75, 3.05) is 0 Å². The van der Waals surface area contributed by atoms with E-state index in [9.17, 15) is 23.6 Å². The molecule has 4 amide bonds. The molecule has 1 unspecified atom stereocenters. The summed E-state index contributed by atoms with van der Waals surface area (Å²) in [5.74, 6) is -3.49. The molecule has 7 heteroatoms. The van der Waals surface area contributed by atoms with E-state index in [4.69, 9.17) is 0 Å². The van der Waals surface area contributed by atoms with E-state index in [0.29, 0.717) is 4.90 Å². The van der Waals surface area contributed by atoms with Crippen LogP contribution in [0.5, 0.6) is 0 Å². The van der Waals surface area contributed by atoms with Gasteiger partial charge in [0.1, 0.15) is 11.9 Å². The van der Waals surface area contributed by atoms with Gasteiger partial charge in [-0.2, -0.15) is 0 Å². The fourth-order valence-corrected chi connectivity index (χ4v) is 2.19. The molecule has 3 rings (SSSR count). The van der Waals surface area contributed by atoms with E-state index in [1.165, 1.54) is 12.1 Å². The Morgan fingerprint density at radius 2 is 1.75 bits per heavy atom. The van der Waals surface area contributed by atoms with Crippen LogP contribution < -0.4 is 5.32 Å². The van der Waals surface area contributed by atoms with Gasteiger partial charge in [-0.05, 0) is 24.3 Å². The third-order valence-electron chi connectivity index (χ3n) is 3.10. The SMILES string of the molecule is O=C1C=CC(N2C(=O)c3ccc(F)cc3C2=O)C(=O)N1. The Balaban J connectivity index is 2.04. The zero-order chi connectivity index (χ0) is 14.4. The van der Waals surface area contributed by atoms with Gasteiger partial charge >= 0.3 is 0 Å². The summed E-state index contributed by atoms with van der Waals surface area (Å²) in [6, 6.07) is 2.00. The van der Waals surface area contributed by atoms with E-state index in [1.54, 1.807) is 0 Å². The lowest BCUT2D eigenvalue weighted by Gasteiger charge is -2.24. The molecule has 0 spiro atoms. The lowest BCUT2D eigenvalue weighted by molar-refractivity contribution is -0.130. The Morgan fingerprint density at radius 3 is 2.45 bits per heavy atom. The summed E-state index contributed by atoms with van der Waals surface area (Å²) in [5, 5.41) is 2.00. The van der Waals surface area contributed by atoms with Crippen LogP contribution in [0, 0.1) is 5.82 Å². The number of hydrogen-bond donors (Lipinski definition) is 1. The van der Waals surface area contributed by atoms with E-state index >= 15 is 0 Å².